The van der Waals surface area contributed by atoms with Crippen LogP contribution in [0.4, 0.5) is 0 Å². The van der Waals surface area contributed by atoms with Gasteiger partial charge in [0.1, 0.15) is 19.6 Å². The summed E-state index contributed by atoms with van der Waals surface area (Å²) in [6, 6.07) is 15.9. The van der Waals surface area contributed by atoms with Crippen molar-refractivity contribution in [2.75, 3.05) is 0 Å². The first-order chi connectivity index (χ1) is 9.42. The third kappa shape index (κ3) is 4.77. The lowest BCUT2D eigenvalue weighted by Crippen LogP contribution is -2.16. The maximum atomic E-state index is 5.87. The van der Waals surface area contributed by atoms with E-state index in [2.05, 4.69) is 37.2 Å². The minimum absolute atomic E-state index is 0.542. The van der Waals surface area contributed by atoms with E-state index in [9.17, 15) is 0 Å². The lowest BCUT2D eigenvalue weighted by atomic mass is 10.2. The van der Waals surface area contributed by atoms with Crippen LogP contribution in [-0.2, 0) is 0 Å². The molecule has 0 fully saturated rings. The lowest BCUT2D eigenvalue weighted by Gasteiger charge is -2.06. The number of ether oxygens (including phenoxy) is 1. The Kier molecular flexibility index (Phi) is 4.54. The van der Waals surface area contributed by atoms with E-state index in [1.165, 1.54) is 0 Å². The fourth-order valence-electron chi connectivity index (χ4n) is 1.48. The molecule has 3 heteroatoms. The summed E-state index contributed by atoms with van der Waals surface area (Å²) in [4.78, 5) is 0. The van der Waals surface area contributed by atoms with E-state index in [0.717, 1.165) is 11.3 Å². The van der Waals surface area contributed by atoms with Crippen molar-refractivity contribution in [2.45, 2.75) is 19.6 Å². The van der Waals surface area contributed by atoms with Gasteiger partial charge in [-0.2, -0.15) is 0 Å². The summed E-state index contributed by atoms with van der Waals surface area (Å²) in [5.41, 5.74) is 4.35. The molecule has 0 aromatic heterocycles. The van der Waals surface area contributed by atoms with Crippen LogP contribution in [0.3, 0.4) is 0 Å². The Morgan fingerprint density at radius 3 is 2.35 bits per heavy atom. The topological polar surface area (TPSA) is 9.23 Å². The van der Waals surface area contributed by atoms with Gasteiger partial charge in [0.25, 0.3) is 0 Å². The molecule has 2 aromatic rings. The van der Waals surface area contributed by atoms with Crippen LogP contribution in [0.2, 0.25) is 24.7 Å². The predicted molar refractivity (Wildman–Crippen MR) is 87.0 cm³/mol. The van der Waals surface area contributed by atoms with Crippen molar-refractivity contribution in [1.29, 1.82) is 0 Å². The summed E-state index contributed by atoms with van der Waals surface area (Å²) in [6.45, 7) is 6.69. The first-order valence-electron chi connectivity index (χ1n) is 6.41. The van der Waals surface area contributed by atoms with Gasteiger partial charge in [0.2, 0.25) is 0 Å². The Bertz CT molecular complexity index is 645. The Hall–Kier alpha value is -1.69. The normalized spacial score (nSPS) is 10.6. The summed E-state index contributed by atoms with van der Waals surface area (Å²) in [5, 5.41) is 0.542. The molecule has 101 valence electrons. The van der Waals surface area contributed by atoms with Crippen LogP contribution in [0.25, 0.3) is 0 Å². The van der Waals surface area contributed by atoms with Crippen molar-refractivity contribution in [2.24, 2.45) is 0 Å². The summed E-state index contributed by atoms with van der Waals surface area (Å²) >= 11 is 5.87. The molecule has 0 unspecified atom stereocenters. The first-order valence-corrected chi connectivity index (χ1v) is 10.3. The van der Waals surface area contributed by atoms with E-state index in [1.807, 2.05) is 30.3 Å². The molecule has 0 spiro atoms. The summed E-state index contributed by atoms with van der Waals surface area (Å²) < 4.78 is 5.72. The van der Waals surface area contributed by atoms with Gasteiger partial charge in [0, 0.05) is 17.7 Å². The quantitative estimate of drug-likeness (QED) is 0.549. The molecule has 0 bridgehead atoms. The predicted octanol–water partition coefficient (Wildman–Crippen LogP) is 5.16. The van der Waals surface area contributed by atoms with E-state index in [1.54, 1.807) is 12.1 Å². The molecule has 2 rings (SSSR count). The molecular weight excluding hydrogens is 284 g/mol. The van der Waals surface area contributed by atoms with Gasteiger partial charge in [-0.3, -0.25) is 0 Å². The zero-order valence-electron chi connectivity index (χ0n) is 11.8. The second-order valence-electron chi connectivity index (χ2n) is 5.50. The largest absolute Gasteiger partial charge is 0.457 e. The Morgan fingerprint density at radius 2 is 1.75 bits per heavy atom. The molecule has 0 saturated heterocycles. The smallest absolute Gasteiger partial charge is 0.129 e. The van der Waals surface area contributed by atoms with Crippen molar-refractivity contribution < 1.29 is 4.74 Å². The molecule has 0 heterocycles. The van der Waals surface area contributed by atoms with Crippen molar-refractivity contribution in [3.63, 3.8) is 0 Å². The highest BCUT2D eigenvalue weighted by atomic mass is 35.5. The Labute approximate surface area is 126 Å². The third-order valence-electron chi connectivity index (χ3n) is 2.41. The highest BCUT2D eigenvalue weighted by Gasteiger charge is 2.07. The standard InChI is InChI=1S/C17H16ClOSi/c1-20(2,3)12-11-14-7-9-16(10-8-14)19-17-6-4-5-15(18)13-17/h4,6-10,13H,1-3H3. The number of hydrogen-bond acceptors (Lipinski definition) is 1. The van der Waals surface area contributed by atoms with Gasteiger partial charge in [-0.1, -0.05) is 37.2 Å². The monoisotopic (exact) mass is 299 g/mol. The second-order valence-corrected chi connectivity index (χ2v) is 10.7. The van der Waals surface area contributed by atoms with Gasteiger partial charge in [-0.05, 0) is 36.4 Å². The third-order valence-corrected chi connectivity index (χ3v) is 3.50. The fraction of sp³-hybridized carbons (Fsp3) is 0.176. The van der Waals surface area contributed by atoms with E-state index in [-0.39, 0.29) is 0 Å². The SMILES string of the molecule is C[Si](C)(C)C#Cc1ccc(Oc2cc[c]c(Cl)c2)cc1. The van der Waals surface area contributed by atoms with Gasteiger partial charge in [-0.15, -0.1) is 5.54 Å². The fourth-order valence-corrected chi connectivity index (χ4v) is 2.17. The molecule has 0 aliphatic carbocycles. The van der Waals surface area contributed by atoms with Crippen molar-refractivity contribution in [3.8, 4) is 23.0 Å². The van der Waals surface area contributed by atoms with Crippen LogP contribution in [0.15, 0.2) is 42.5 Å². The van der Waals surface area contributed by atoms with Crippen LogP contribution in [0.1, 0.15) is 5.56 Å². The maximum absolute atomic E-state index is 5.87. The summed E-state index contributed by atoms with van der Waals surface area (Å²) in [6.07, 6.45) is 0. The van der Waals surface area contributed by atoms with E-state index >= 15 is 0 Å². The zero-order valence-corrected chi connectivity index (χ0v) is 13.6. The number of halogens is 1. The number of rotatable bonds is 2. The van der Waals surface area contributed by atoms with Crippen LogP contribution < -0.4 is 4.74 Å². The van der Waals surface area contributed by atoms with E-state index in [0.29, 0.717) is 10.8 Å². The van der Waals surface area contributed by atoms with Gasteiger partial charge in [0.05, 0.1) is 5.02 Å². The average Bonchev–Trinajstić information content (AvgIpc) is 2.37. The van der Waals surface area contributed by atoms with Crippen molar-refractivity contribution in [3.05, 3.63) is 59.1 Å². The van der Waals surface area contributed by atoms with Crippen molar-refractivity contribution in [1.82, 2.24) is 0 Å². The second kappa shape index (κ2) is 6.17. The molecule has 0 N–H and O–H groups in total. The van der Waals surface area contributed by atoms with Gasteiger partial charge in [-0.25, -0.2) is 0 Å². The summed E-state index contributed by atoms with van der Waals surface area (Å²) in [5.74, 6) is 4.69. The molecule has 20 heavy (non-hydrogen) atoms. The van der Waals surface area contributed by atoms with E-state index in [4.69, 9.17) is 16.3 Å². The zero-order chi connectivity index (χ0) is 14.6. The number of hydrogen-bond donors (Lipinski definition) is 0. The van der Waals surface area contributed by atoms with Crippen LogP contribution in [0, 0.1) is 17.5 Å². The molecule has 0 aliphatic heterocycles. The van der Waals surface area contributed by atoms with Gasteiger partial charge >= 0.3 is 0 Å². The van der Waals surface area contributed by atoms with Crippen LogP contribution in [0.5, 0.6) is 11.5 Å². The van der Waals surface area contributed by atoms with Crippen molar-refractivity contribution >= 4 is 19.7 Å². The Balaban J connectivity index is 2.10. The van der Waals surface area contributed by atoms with Crippen LogP contribution >= 0.6 is 11.6 Å². The maximum Gasteiger partial charge on any atom is 0.129 e. The van der Waals surface area contributed by atoms with Crippen LogP contribution in [-0.4, -0.2) is 8.07 Å². The first kappa shape index (κ1) is 14.7. The molecule has 0 amide bonds. The van der Waals surface area contributed by atoms with Gasteiger partial charge < -0.3 is 4.74 Å². The highest BCUT2D eigenvalue weighted by Crippen LogP contribution is 2.23. The van der Waals surface area contributed by atoms with Gasteiger partial charge in [0.15, 0.2) is 0 Å². The molecule has 2 aromatic carbocycles. The number of benzene rings is 2. The molecule has 0 saturated carbocycles. The Morgan fingerprint density at radius 1 is 1.05 bits per heavy atom. The molecule has 0 atom stereocenters. The summed E-state index contributed by atoms with van der Waals surface area (Å²) in [7, 11) is -1.33. The van der Waals surface area contributed by atoms with E-state index < -0.39 is 8.07 Å². The molecular formula is C17H16ClOSi. The molecule has 0 aliphatic rings. The molecule has 1 nitrogen and oxygen atoms in total. The average molecular weight is 300 g/mol. The highest BCUT2D eigenvalue weighted by molar-refractivity contribution is 6.83. The molecule has 1 radical (unpaired) electrons. The minimum atomic E-state index is -1.33. The lowest BCUT2D eigenvalue weighted by molar-refractivity contribution is 0.482. The minimum Gasteiger partial charge on any atom is -0.457 e.